The smallest absolute Gasteiger partial charge is 0.314 e. The Morgan fingerprint density at radius 2 is 1.65 bits per heavy atom. The van der Waals surface area contributed by atoms with Crippen molar-refractivity contribution in [2.24, 2.45) is 11.3 Å². The van der Waals surface area contributed by atoms with Crippen LogP contribution in [-0.4, -0.2) is 108 Å². The molecule has 2 heterocycles. The summed E-state index contributed by atoms with van der Waals surface area (Å²) < 4.78 is 5.34. The summed E-state index contributed by atoms with van der Waals surface area (Å²) in [6.07, 6.45) is 6.21. The molecular weight excluding hydrogens is 654 g/mol. The summed E-state index contributed by atoms with van der Waals surface area (Å²) in [6.45, 7) is 11.6. The lowest BCUT2D eigenvalue weighted by Gasteiger charge is -2.39. The van der Waals surface area contributed by atoms with E-state index >= 15 is 0 Å². The number of anilines is 1. The van der Waals surface area contributed by atoms with Gasteiger partial charge in [0.05, 0.1) is 25.2 Å². The molecular formula is C38H53N5O8. The Labute approximate surface area is 300 Å². The number of likely N-dealkylation sites (tertiary alicyclic amines) is 1. The fraction of sp³-hybridized carbons (Fsp3) is 0.553. The van der Waals surface area contributed by atoms with Gasteiger partial charge in [-0.15, -0.1) is 0 Å². The zero-order chi connectivity index (χ0) is 38.0. The second-order valence-corrected chi connectivity index (χ2v) is 14.8. The number of hydrogen-bond donors (Lipinski definition) is 2. The molecule has 2 aliphatic rings. The van der Waals surface area contributed by atoms with Gasteiger partial charge < -0.3 is 20.3 Å². The number of rotatable bonds is 16. The SMILES string of the molecule is C/C(=C\C(C(C)C)N(C)C(=O)[C@@H](NC(=O)C1CCCCN1C)C(C)(C)C)C(=O)CC(=O)OCc1ccc(NCC(=O)CN2C(=O)C=CC2=O)cc1. The van der Waals surface area contributed by atoms with Crippen LogP contribution in [0.5, 0.6) is 0 Å². The maximum atomic E-state index is 13.9. The van der Waals surface area contributed by atoms with E-state index in [0.29, 0.717) is 16.8 Å². The van der Waals surface area contributed by atoms with Gasteiger partial charge in [0.2, 0.25) is 11.8 Å². The molecule has 13 heteroatoms. The summed E-state index contributed by atoms with van der Waals surface area (Å²) >= 11 is 0. The number of hydrogen-bond acceptors (Lipinski definition) is 10. The minimum absolute atomic E-state index is 0.0668. The summed E-state index contributed by atoms with van der Waals surface area (Å²) in [6, 6.07) is 5.24. The Morgan fingerprint density at radius 1 is 1.02 bits per heavy atom. The Hall–Kier alpha value is -4.65. The standard InChI is InChI=1S/C38H53N5O8/c1-24(2)30(42(8)37(50)35(38(4,5)6)40-36(49)29-11-9-10-18-41(29)7)19-25(3)31(45)20-34(48)51-23-26-12-14-27(15-13-26)39-21-28(44)22-43-32(46)16-17-33(43)47/h12-17,19,24,29-30,35,39H,9-11,18,20-23H2,1-8H3,(H,40,49)/b25-19+/t29?,30?,35-/m1/s1. The molecule has 4 amide bonds. The van der Waals surface area contributed by atoms with Gasteiger partial charge in [-0.25, -0.2) is 0 Å². The van der Waals surface area contributed by atoms with Crippen LogP contribution in [0.1, 0.15) is 72.8 Å². The van der Waals surface area contributed by atoms with E-state index in [1.807, 2.05) is 46.6 Å². The predicted octanol–water partition coefficient (Wildman–Crippen LogP) is 3.04. The molecule has 3 rings (SSSR count). The van der Waals surface area contributed by atoms with Crippen LogP contribution in [0.4, 0.5) is 5.69 Å². The number of ketones is 2. The molecule has 1 saturated heterocycles. The second kappa shape index (κ2) is 18.0. The molecule has 0 radical (unpaired) electrons. The van der Waals surface area contributed by atoms with Gasteiger partial charge in [-0.1, -0.05) is 59.2 Å². The third kappa shape index (κ3) is 11.7. The summed E-state index contributed by atoms with van der Waals surface area (Å²) in [5, 5.41) is 5.96. The zero-order valence-corrected chi connectivity index (χ0v) is 31.1. The average Bonchev–Trinajstić information content (AvgIpc) is 3.38. The molecule has 1 fully saturated rings. The minimum atomic E-state index is -0.783. The van der Waals surface area contributed by atoms with Gasteiger partial charge in [-0.3, -0.25) is 43.4 Å². The van der Waals surface area contributed by atoms with E-state index in [2.05, 4.69) is 10.6 Å². The first-order valence-corrected chi connectivity index (χ1v) is 17.4. The third-order valence-electron chi connectivity index (χ3n) is 9.19. The largest absolute Gasteiger partial charge is 0.460 e. The van der Waals surface area contributed by atoms with E-state index in [0.717, 1.165) is 42.9 Å². The maximum Gasteiger partial charge on any atom is 0.314 e. The van der Waals surface area contributed by atoms with Crippen molar-refractivity contribution < 1.29 is 38.3 Å². The molecule has 51 heavy (non-hydrogen) atoms. The number of piperidine rings is 1. The fourth-order valence-electron chi connectivity index (χ4n) is 5.97. The monoisotopic (exact) mass is 707 g/mol. The van der Waals surface area contributed by atoms with E-state index < -0.39 is 47.5 Å². The lowest BCUT2D eigenvalue weighted by Crippen LogP contribution is -2.59. The molecule has 2 N–H and O–H groups in total. The van der Waals surface area contributed by atoms with Crippen LogP contribution in [0.15, 0.2) is 48.1 Å². The van der Waals surface area contributed by atoms with Crippen molar-refractivity contribution in [3.05, 3.63) is 53.6 Å². The second-order valence-electron chi connectivity index (χ2n) is 14.8. The Kier molecular flexibility index (Phi) is 14.4. The van der Waals surface area contributed by atoms with Gasteiger partial charge in [-0.2, -0.15) is 0 Å². The van der Waals surface area contributed by atoms with Crippen LogP contribution in [0.25, 0.3) is 0 Å². The highest BCUT2D eigenvalue weighted by Crippen LogP contribution is 2.25. The van der Waals surface area contributed by atoms with Crippen molar-refractivity contribution >= 4 is 46.9 Å². The van der Waals surface area contributed by atoms with Crippen LogP contribution in [0.3, 0.4) is 0 Å². The lowest BCUT2D eigenvalue weighted by molar-refractivity contribution is -0.147. The van der Waals surface area contributed by atoms with Gasteiger partial charge in [0, 0.05) is 24.9 Å². The van der Waals surface area contributed by atoms with Crippen molar-refractivity contribution in [2.75, 3.05) is 39.0 Å². The van der Waals surface area contributed by atoms with Crippen molar-refractivity contribution in [1.82, 2.24) is 20.0 Å². The first-order chi connectivity index (χ1) is 23.9. The first-order valence-electron chi connectivity index (χ1n) is 17.4. The Morgan fingerprint density at radius 3 is 2.22 bits per heavy atom. The normalized spacial score (nSPS) is 18.0. The van der Waals surface area contributed by atoms with Gasteiger partial charge in [0.25, 0.3) is 11.8 Å². The number of allylic oxidation sites excluding steroid dienone is 1. The number of esters is 1. The molecule has 0 bridgehead atoms. The molecule has 13 nitrogen and oxygen atoms in total. The van der Waals surface area contributed by atoms with Crippen LogP contribution in [0, 0.1) is 11.3 Å². The molecule has 0 saturated carbocycles. The lowest BCUT2D eigenvalue weighted by atomic mass is 9.84. The Balaban J connectivity index is 1.53. The van der Waals surface area contributed by atoms with Crippen LogP contribution in [-0.2, 0) is 44.9 Å². The van der Waals surface area contributed by atoms with Gasteiger partial charge in [0.1, 0.15) is 19.1 Å². The number of amides is 4. The third-order valence-corrected chi connectivity index (χ3v) is 9.19. The number of nitrogens with one attached hydrogen (secondary N) is 2. The van der Waals surface area contributed by atoms with E-state index in [9.17, 15) is 33.6 Å². The summed E-state index contributed by atoms with van der Waals surface area (Å²) in [5.74, 6) is -2.99. The first kappa shape index (κ1) is 40.8. The molecule has 278 valence electrons. The van der Waals surface area contributed by atoms with Gasteiger partial charge in [0.15, 0.2) is 11.6 Å². The molecule has 0 spiro atoms. The highest BCUT2D eigenvalue weighted by atomic mass is 16.5. The van der Waals surface area contributed by atoms with Gasteiger partial charge in [-0.05, 0) is 68.0 Å². The number of likely N-dealkylation sites (N-methyl/N-ethyl adjacent to an activating group) is 2. The topological polar surface area (TPSA) is 162 Å². The fourth-order valence-corrected chi connectivity index (χ4v) is 5.97. The van der Waals surface area contributed by atoms with E-state index in [1.54, 1.807) is 49.2 Å². The molecule has 3 atom stereocenters. The van der Waals surface area contributed by atoms with E-state index in [-0.39, 0.29) is 49.3 Å². The number of imide groups is 1. The van der Waals surface area contributed by atoms with E-state index in [1.165, 1.54) is 0 Å². The van der Waals surface area contributed by atoms with Crippen LogP contribution < -0.4 is 10.6 Å². The molecule has 2 aliphatic heterocycles. The quantitative estimate of drug-likeness (QED) is 0.113. The molecule has 1 aromatic carbocycles. The molecule has 2 unspecified atom stereocenters. The van der Waals surface area contributed by atoms with E-state index in [4.69, 9.17) is 4.74 Å². The average molecular weight is 708 g/mol. The highest BCUT2D eigenvalue weighted by Gasteiger charge is 2.39. The van der Waals surface area contributed by atoms with Crippen molar-refractivity contribution in [2.45, 2.75) is 92.0 Å². The van der Waals surface area contributed by atoms with Crippen molar-refractivity contribution in [3.63, 3.8) is 0 Å². The molecule has 1 aromatic rings. The number of benzene rings is 1. The number of ether oxygens (including phenoxy) is 1. The number of carbonyl (C=O) groups is 7. The van der Waals surface area contributed by atoms with Gasteiger partial charge >= 0.3 is 5.97 Å². The number of carbonyl (C=O) groups excluding carboxylic acids is 7. The predicted molar refractivity (Wildman–Crippen MR) is 192 cm³/mol. The summed E-state index contributed by atoms with van der Waals surface area (Å²) in [5.41, 5.74) is 1.03. The summed E-state index contributed by atoms with van der Waals surface area (Å²) in [7, 11) is 3.59. The van der Waals surface area contributed by atoms with Crippen molar-refractivity contribution in [1.29, 1.82) is 0 Å². The zero-order valence-electron chi connectivity index (χ0n) is 31.1. The maximum absolute atomic E-state index is 13.9. The minimum Gasteiger partial charge on any atom is -0.460 e. The van der Waals surface area contributed by atoms with Crippen LogP contribution >= 0.6 is 0 Å². The summed E-state index contributed by atoms with van der Waals surface area (Å²) in [4.78, 5) is 92.8. The highest BCUT2D eigenvalue weighted by molar-refractivity contribution is 6.14. The van der Waals surface area contributed by atoms with Crippen molar-refractivity contribution in [3.8, 4) is 0 Å². The number of nitrogens with zero attached hydrogens (tertiary/aromatic N) is 3. The van der Waals surface area contributed by atoms with Crippen LogP contribution in [0.2, 0.25) is 0 Å². The number of Topliss-reactive ketones (excluding diaryl/α,β-unsaturated/α-hetero) is 2. The molecule has 0 aromatic heterocycles. The molecule has 0 aliphatic carbocycles. The Bertz CT molecular complexity index is 1520.